The Kier molecular flexibility index (Phi) is 5.06. The molecule has 0 aliphatic carbocycles. The lowest BCUT2D eigenvalue weighted by Gasteiger charge is -2.31. The third-order valence-corrected chi connectivity index (χ3v) is 2.91. The van der Waals surface area contributed by atoms with Crippen LogP contribution in [-0.2, 0) is 4.74 Å². The molecule has 0 aromatic rings. The highest BCUT2D eigenvalue weighted by atomic mass is 16.6. The van der Waals surface area contributed by atoms with Crippen molar-refractivity contribution in [3.8, 4) is 0 Å². The molecule has 16 heavy (non-hydrogen) atoms. The number of likely N-dealkylation sites (tertiary alicyclic amines) is 1. The number of aliphatic hydroxyl groups is 1. The molecule has 0 radical (unpaired) electrons. The summed E-state index contributed by atoms with van der Waals surface area (Å²) in [6.07, 6.45) is 4.52. The zero-order chi connectivity index (χ0) is 12.0. The highest BCUT2D eigenvalue weighted by Gasteiger charge is 2.26. The zero-order valence-corrected chi connectivity index (χ0v) is 10.4. The quantitative estimate of drug-likeness (QED) is 0.803. The van der Waals surface area contributed by atoms with E-state index in [0.29, 0.717) is 12.8 Å². The average Bonchev–Trinajstić information content (AvgIpc) is 2.27. The lowest BCUT2D eigenvalue weighted by molar-refractivity contribution is 0.00224. The molecular formula is C12H23NO3. The number of rotatable bonds is 4. The molecule has 0 bridgehead atoms. The van der Waals surface area contributed by atoms with Gasteiger partial charge in [-0.1, -0.05) is 0 Å². The highest BCUT2D eigenvalue weighted by molar-refractivity contribution is 5.68. The fourth-order valence-electron chi connectivity index (χ4n) is 1.93. The van der Waals surface area contributed by atoms with Crippen molar-refractivity contribution >= 4 is 6.09 Å². The van der Waals surface area contributed by atoms with Crippen molar-refractivity contribution in [2.24, 2.45) is 0 Å². The first-order valence-corrected chi connectivity index (χ1v) is 6.14. The zero-order valence-electron chi connectivity index (χ0n) is 10.4. The summed E-state index contributed by atoms with van der Waals surface area (Å²) >= 11 is 0. The Morgan fingerprint density at radius 3 is 2.50 bits per heavy atom. The molecule has 1 saturated heterocycles. The van der Waals surface area contributed by atoms with Gasteiger partial charge in [-0.25, -0.2) is 4.79 Å². The molecule has 1 fully saturated rings. The van der Waals surface area contributed by atoms with Gasteiger partial charge in [0.15, 0.2) is 0 Å². The summed E-state index contributed by atoms with van der Waals surface area (Å²) in [6, 6.07) is 0. The number of amides is 1. The van der Waals surface area contributed by atoms with Crippen LogP contribution in [0.5, 0.6) is 0 Å². The second kappa shape index (κ2) is 6.09. The van der Waals surface area contributed by atoms with E-state index in [1.807, 2.05) is 13.8 Å². The van der Waals surface area contributed by atoms with Gasteiger partial charge in [0.1, 0.15) is 5.60 Å². The van der Waals surface area contributed by atoms with Crippen LogP contribution >= 0.6 is 0 Å². The third-order valence-electron chi connectivity index (χ3n) is 2.91. The van der Waals surface area contributed by atoms with Gasteiger partial charge in [0, 0.05) is 19.7 Å². The van der Waals surface area contributed by atoms with Gasteiger partial charge in [0.25, 0.3) is 0 Å². The summed E-state index contributed by atoms with van der Waals surface area (Å²) in [5.74, 6) is 0. The first kappa shape index (κ1) is 13.3. The molecule has 4 nitrogen and oxygen atoms in total. The van der Waals surface area contributed by atoms with E-state index in [9.17, 15) is 4.79 Å². The van der Waals surface area contributed by atoms with Crippen LogP contribution in [0.1, 0.15) is 46.0 Å². The van der Waals surface area contributed by atoms with E-state index in [4.69, 9.17) is 9.84 Å². The summed E-state index contributed by atoms with van der Waals surface area (Å²) in [5.41, 5.74) is -0.475. The maximum atomic E-state index is 11.8. The van der Waals surface area contributed by atoms with Gasteiger partial charge >= 0.3 is 6.09 Å². The van der Waals surface area contributed by atoms with Gasteiger partial charge in [0.2, 0.25) is 0 Å². The first-order chi connectivity index (χ1) is 7.55. The molecular weight excluding hydrogens is 206 g/mol. The molecule has 1 N–H and O–H groups in total. The predicted octanol–water partition coefficient (Wildman–Crippen LogP) is 2.16. The molecule has 0 saturated carbocycles. The van der Waals surface area contributed by atoms with Crippen LogP contribution < -0.4 is 0 Å². The summed E-state index contributed by atoms with van der Waals surface area (Å²) in [6.45, 7) is 5.56. The Labute approximate surface area is 97.6 Å². The van der Waals surface area contributed by atoms with Crippen LogP contribution in [0.15, 0.2) is 0 Å². The van der Waals surface area contributed by atoms with Crippen molar-refractivity contribution in [2.75, 3.05) is 19.7 Å². The number of carbonyl (C=O) groups is 1. The van der Waals surface area contributed by atoms with Gasteiger partial charge in [-0.3, -0.25) is 0 Å². The lowest BCUT2D eigenvalue weighted by atomic mass is 10.0. The Bertz CT molecular complexity index is 222. The van der Waals surface area contributed by atoms with Crippen LogP contribution in [0.25, 0.3) is 0 Å². The molecule has 1 aliphatic rings. The largest absolute Gasteiger partial charge is 0.443 e. The summed E-state index contributed by atoms with van der Waals surface area (Å²) < 4.78 is 5.46. The molecule has 1 amide bonds. The number of hydrogen-bond acceptors (Lipinski definition) is 3. The Hall–Kier alpha value is -0.770. The van der Waals surface area contributed by atoms with Crippen molar-refractivity contribution in [2.45, 2.75) is 51.6 Å². The molecule has 0 aromatic heterocycles. The van der Waals surface area contributed by atoms with Gasteiger partial charge in [0.05, 0.1) is 0 Å². The smallest absolute Gasteiger partial charge is 0.410 e. The number of carbonyl (C=O) groups excluding carboxylic acids is 1. The minimum Gasteiger partial charge on any atom is -0.443 e. The third kappa shape index (κ3) is 4.39. The van der Waals surface area contributed by atoms with E-state index in [0.717, 1.165) is 25.9 Å². The van der Waals surface area contributed by atoms with Crippen molar-refractivity contribution in [1.82, 2.24) is 4.90 Å². The van der Waals surface area contributed by atoms with E-state index >= 15 is 0 Å². The number of nitrogens with zero attached hydrogens (tertiary/aromatic N) is 1. The Morgan fingerprint density at radius 1 is 1.31 bits per heavy atom. The molecule has 1 heterocycles. The second-order valence-electron chi connectivity index (χ2n) is 5.00. The molecule has 1 aliphatic heterocycles. The molecule has 1 rings (SSSR count). The average molecular weight is 229 g/mol. The monoisotopic (exact) mass is 229 g/mol. The van der Waals surface area contributed by atoms with E-state index in [1.54, 1.807) is 4.90 Å². The van der Waals surface area contributed by atoms with E-state index in [2.05, 4.69) is 0 Å². The maximum absolute atomic E-state index is 11.8. The maximum Gasteiger partial charge on any atom is 0.410 e. The highest BCUT2D eigenvalue weighted by Crippen LogP contribution is 2.19. The van der Waals surface area contributed by atoms with Crippen LogP contribution in [0.4, 0.5) is 4.79 Å². The van der Waals surface area contributed by atoms with Gasteiger partial charge in [-0.05, 0) is 46.0 Å². The van der Waals surface area contributed by atoms with Gasteiger partial charge < -0.3 is 14.7 Å². The number of aliphatic hydroxyl groups excluding tert-OH is 1. The molecule has 4 heteroatoms. The molecule has 0 atom stereocenters. The Morgan fingerprint density at radius 2 is 1.94 bits per heavy atom. The van der Waals surface area contributed by atoms with E-state index in [-0.39, 0.29) is 12.7 Å². The molecule has 0 unspecified atom stereocenters. The fourth-order valence-corrected chi connectivity index (χ4v) is 1.93. The van der Waals surface area contributed by atoms with Gasteiger partial charge in [-0.2, -0.15) is 0 Å². The van der Waals surface area contributed by atoms with E-state index < -0.39 is 5.60 Å². The topological polar surface area (TPSA) is 49.8 Å². The minimum absolute atomic E-state index is 0.144. The summed E-state index contributed by atoms with van der Waals surface area (Å²) in [5, 5.41) is 8.76. The summed E-state index contributed by atoms with van der Waals surface area (Å²) in [7, 11) is 0. The number of ether oxygens (including phenoxy) is 1. The lowest BCUT2D eigenvalue weighted by Crippen LogP contribution is -2.40. The van der Waals surface area contributed by atoms with Crippen molar-refractivity contribution < 1.29 is 14.6 Å². The minimum atomic E-state index is -0.475. The van der Waals surface area contributed by atoms with Gasteiger partial charge in [-0.15, -0.1) is 0 Å². The first-order valence-electron chi connectivity index (χ1n) is 6.14. The van der Waals surface area contributed by atoms with E-state index in [1.165, 1.54) is 6.42 Å². The number of piperidine rings is 1. The molecule has 0 aromatic carbocycles. The predicted molar refractivity (Wildman–Crippen MR) is 62.3 cm³/mol. The standard InChI is InChI=1S/C12H23NO3/c1-12(2,7-6-10-14)16-11(15)13-8-4-3-5-9-13/h14H,3-10H2,1-2H3. The normalized spacial score (nSPS) is 17.3. The fraction of sp³-hybridized carbons (Fsp3) is 0.917. The van der Waals surface area contributed by atoms with Crippen LogP contribution in [-0.4, -0.2) is 41.4 Å². The molecule has 94 valence electrons. The van der Waals surface area contributed by atoms with Crippen LogP contribution in [0.2, 0.25) is 0 Å². The summed E-state index contributed by atoms with van der Waals surface area (Å²) in [4.78, 5) is 13.6. The van der Waals surface area contributed by atoms with Crippen LogP contribution in [0, 0.1) is 0 Å². The SMILES string of the molecule is CC(C)(CCCO)OC(=O)N1CCCCC1. The van der Waals surface area contributed by atoms with Crippen molar-refractivity contribution in [3.05, 3.63) is 0 Å². The van der Waals surface area contributed by atoms with Crippen LogP contribution in [0.3, 0.4) is 0 Å². The van der Waals surface area contributed by atoms with Crippen molar-refractivity contribution in [1.29, 1.82) is 0 Å². The second-order valence-corrected chi connectivity index (χ2v) is 5.00. The number of hydrogen-bond donors (Lipinski definition) is 1. The molecule has 0 spiro atoms. The van der Waals surface area contributed by atoms with Crippen molar-refractivity contribution in [3.63, 3.8) is 0 Å². The Balaban J connectivity index is 2.36.